The maximum atomic E-state index is 6.05. The average Bonchev–Trinajstić information content (AvgIpc) is 2.15. The summed E-state index contributed by atoms with van der Waals surface area (Å²) >= 11 is 6.05. The second-order valence-electron chi connectivity index (χ2n) is 4.18. The van der Waals surface area contributed by atoms with Gasteiger partial charge in [0, 0.05) is 5.38 Å². The standard InChI is InChI=1S/C11H22ClN/c1-2-3-8-13-9-10-4-6-11(12)7-5-10/h10-11,13H,2-9H2,1H3. The molecule has 0 spiro atoms. The van der Waals surface area contributed by atoms with Gasteiger partial charge in [0.2, 0.25) is 0 Å². The molecular weight excluding hydrogens is 182 g/mol. The van der Waals surface area contributed by atoms with Gasteiger partial charge in [0.25, 0.3) is 0 Å². The molecule has 1 fully saturated rings. The second-order valence-corrected chi connectivity index (χ2v) is 4.79. The Hall–Kier alpha value is 0.250. The van der Waals surface area contributed by atoms with Crippen LogP contribution in [-0.4, -0.2) is 18.5 Å². The molecule has 0 radical (unpaired) electrons. The number of halogens is 1. The molecule has 13 heavy (non-hydrogen) atoms. The highest BCUT2D eigenvalue weighted by Gasteiger charge is 2.18. The first-order chi connectivity index (χ1) is 6.33. The third-order valence-corrected chi connectivity index (χ3v) is 3.35. The van der Waals surface area contributed by atoms with Gasteiger partial charge in [-0.05, 0) is 51.1 Å². The van der Waals surface area contributed by atoms with Crippen LogP contribution in [0.15, 0.2) is 0 Å². The van der Waals surface area contributed by atoms with Gasteiger partial charge in [0.05, 0.1) is 0 Å². The second kappa shape index (κ2) is 6.67. The Morgan fingerprint density at radius 1 is 1.23 bits per heavy atom. The molecule has 0 aromatic rings. The minimum atomic E-state index is 0.465. The van der Waals surface area contributed by atoms with Crippen LogP contribution in [0.5, 0.6) is 0 Å². The largest absolute Gasteiger partial charge is 0.316 e. The fourth-order valence-corrected chi connectivity index (χ4v) is 2.19. The van der Waals surface area contributed by atoms with Gasteiger partial charge in [-0.1, -0.05) is 13.3 Å². The molecule has 1 aliphatic carbocycles. The number of hydrogen-bond donors (Lipinski definition) is 1. The molecule has 1 N–H and O–H groups in total. The third-order valence-electron chi connectivity index (χ3n) is 2.92. The van der Waals surface area contributed by atoms with Crippen molar-refractivity contribution in [1.29, 1.82) is 0 Å². The SMILES string of the molecule is CCCCNCC1CCC(Cl)CC1. The van der Waals surface area contributed by atoms with Crippen LogP contribution in [-0.2, 0) is 0 Å². The molecule has 0 aliphatic heterocycles. The van der Waals surface area contributed by atoms with Gasteiger partial charge >= 0.3 is 0 Å². The van der Waals surface area contributed by atoms with E-state index in [2.05, 4.69) is 12.2 Å². The van der Waals surface area contributed by atoms with Gasteiger partial charge in [0.1, 0.15) is 0 Å². The lowest BCUT2D eigenvalue weighted by molar-refractivity contribution is 0.345. The number of hydrogen-bond acceptors (Lipinski definition) is 1. The van der Waals surface area contributed by atoms with Crippen molar-refractivity contribution in [3.63, 3.8) is 0 Å². The molecule has 0 saturated heterocycles. The van der Waals surface area contributed by atoms with E-state index in [0.29, 0.717) is 5.38 Å². The lowest BCUT2D eigenvalue weighted by atomic mass is 9.89. The maximum absolute atomic E-state index is 6.05. The summed E-state index contributed by atoms with van der Waals surface area (Å²) in [5, 5.41) is 3.99. The van der Waals surface area contributed by atoms with E-state index >= 15 is 0 Å². The van der Waals surface area contributed by atoms with Crippen LogP contribution in [0.1, 0.15) is 45.4 Å². The molecule has 0 amide bonds. The molecule has 2 heteroatoms. The first-order valence-corrected chi connectivity index (χ1v) is 6.11. The van der Waals surface area contributed by atoms with Crippen LogP contribution >= 0.6 is 11.6 Å². The molecule has 0 heterocycles. The number of unbranched alkanes of at least 4 members (excludes halogenated alkanes) is 1. The number of rotatable bonds is 5. The van der Waals surface area contributed by atoms with Gasteiger partial charge in [-0.25, -0.2) is 0 Å². The zero-order chi connectivity index (χ0) is 9.52. The molecule has 1 nitrogen and oxygen atoms in total. The summed E-state index contributed by atoms with van der Waals surface area (Å²) in [4.78, 5) is 0. The van der Waals surface area contributed by atoms with E-state index < -0.39 is 0 Å². The Labute approximate surface area is 87.2 Å². The van der Waals surface area contributed by atoms with Gasteiger partial charge in [-0.2, -0.15) is 0 Å². The van der Waals surface area contributed by atoms with Gasteiger partial charge in [-0.3, -0.25) is 0 Å². The lowest BCUT2D eigenvalue weighted by Gasteiger charge is -2.25. The first kappa shape index (κ1) is 11.3. The van der Waals surface area contributed by atoms with Crippen LogP contribution in [0.4, 0.5) is 0 Å². The predicted octanol–water partition coefficient (Wildman–Crippen LogP) is 3.17. The summed E-state index contributed by atoms with van der Waals surface area (Å²) < 4.78 is 0. The average molecular weight is 204 g/mol. The topological polar surface area (TPSA) is 12.0 Å². The normalized spacial score (nSPS) is 29.1. The fraction of sp³-hybridized carbons (Fsp3) is 1.00. The molecule has 1 aliphatic rings. The maximum Gasteiger partial charge on any atom is 0.0336 e. The van der Waals surface area contributed by atoms with E-state index in [0.717, 1.165) is 5.92 Å². The summed E-state index contributed by atoms with van der Waals surface area (Å²) in [5.41, 5.74) is 0. The highest BCUT2D eigenvalue weighted by atomic mass is 35.5. The van der Waals surface area contributed by atoms with E-state index in [9.17, 15) is 0 Å². The third kappa shape index (κ3) is 4.87. The van der Waals surface area contributed by atoms with Gasteiger partial charge < -0.3 is 5.32 Å². The van der Waals surface area contributed by atoms with E-state index in [-0.39, 0.29) is 0 Å². The van der Waals surface area contributed by atoms with Crippen molar-refractivity contribution in [2.75, 3.05) is 13.1 Å². The van der Waals surface area contributed by atoms with Gasteiger partial charge in [-0.15, -0.1) is 11.6 Å². The van der Waals surface area contributed by atoms with Crippen molar-refractivity contribution in [3.05, 3.63) is 0 Å². The molecule has 0 atom stereocenters. The summed E-state index contributed by atoms with van der Waals surface area (Å²) in [6.45, 7) is 4.64. The monoisotopic (exact) mass is 203 g/mol. The summed E-state index contributed by atoms with van der Waals surface area (Å²) in [7, 11) is 0. The van der Waals surface area contributed by atoms with Crippen LogP contribution in [0.25, 0.3) is 0 Å². The van der Waals surface area contributed by atoms with Crippen molar-refractivity contribution in [2.45, 2.75) is 50.8 Å². The van der Waals surface area contributed by atoms with Crippen molar-refractivity contribution in [3.8, 4) is 0 Å². The Balaban J connectivity index is 1.96. The van der Waals surface area contributed by atoms with Crippen LogP contribution in [0.3, 0.4) is 0 Å². The minimum absolute atomic E-state index is 0.465. The highest BCUT2D eigenvalue weighted by molar-refractivity contribution is 6.20. The fourth-order valence-electron chi connectivity index (χ4n) is 1.93. The molecule has 0 unspecified atom stereocenters. The molecular formula is C11H22ClN. The molecule has 0 aromatic heterocycles. The Morgan fingerprint density at radius 3 is 2.54 bits per heavy atom. The van der Waals surface area contributed by atoms with Crippen LogP contribution < -0.4 is 5.32 Å². The first-order valence-electron chi connectivity index (χ1n) is 5.67. The quantitative estimate of drug-likeness (QED) is 0.535. The van der Waals surface area contributed by atoms with Crippen molar-refractivity contribution < 1.29 is 0 Å². The highest BCUT2D eigenvalue weighted by Crippen LogP contribution is 2.26. The molecule has 0 bridgehead atoms. The molecule has 1 rings (SSSR count). The minimum Gasteiger partial charge on any atom is -0.316 e. The number of nitrogens with one attached hydrogen (secondary N) is 1. The van der Waals surface area contributed by atoms with E-state index in [1.54, 1.807) is 0 Å². The summed E-state index contributed by atoms with van der Waals surface area (Å²) in [6.07, 6.45) is 7.70. The zero-order valence-corrected chi connectivity index (χ0v) is 9.45. The molecule has 1 saturated carbocycles. The molecule has 0 aromatic carbocycles. The predicted molar refractivity (Wildman–Crippen MR) is 59.4 cm³/mol. The Kier molecular flexibility index (Phi) is 5.81. The zero-order valence-electron chi connectivity index (χ0n) is 8.69. The van der Waals surface area contributed by atoms with Crippen LogP contribution in [0.2, 0.25) is 0 Å². The van der Waals surface area contributed by atoms with Gasteiger partial charge in [0.15, 0.2) is 0 Å². The van der Waals surface area contributed by atoms with Crippen molar-refractivity contribution >= 4 is 11.6 Å². The Morgan fingerprint density at radius 2 is 1.92 bits per heavy atom. The van der Waals surface area contributed by atoms with Crippen LogP contribution in [0, 0.1) is 5.92 Å². The van der Waals surface area contributed by atoms with E-state index in [1.807, 2.05) is 0 Å². The lowest BCUT2D eigenvalue weighted by Crippen LogP contribution is -2.27. The van der Waals surface area contributed by atoms with E-state index in [1.165, 1.54) is 51.6 Å². The van der Waals surface area contributed by atoms with Crippen molar-refractivity contribution in [1.82, 2.24) is 5.32 Å². The summed E-state index contributed by atoms with van der Waals surface area (Å²) in [5.74, 6) is 0.895. The summed E-state index contributed by atoms with van der Waals surface area (Å²) in [6, 6.07) is 0. The van der Waals surface area contributed by atoms with E-state index in [4.69, 9.17) is 11.6 Å². The van der Waals surface area contributed by atoms with Crippen molar-refractivity contribution in [2.24, 2.45) is 5.92 Å². The smallest absolute Gasteiger partial charge is 0.0336 e. The number of alkyl halides is 1. The Bertz CT molecular complexity index is 119. The molecule has 78 valence electrons.